The van der Waals surface area contributed by atoms with E-state index in [1.807, 2.05) is 19.0 Å². The van der Waals surface area contributed by atoms with Gasteiger partial charge in [-0.1, -0.05) is 6.92 Å². The normalized spacial score (nSPS) is 13.0. The third-order valence-corrected chi connectivity index (χ3v) is 2.05. The largest absolute Gasteiger partial charge is 0.533 e. The van der Waals surface area contributed by atoms with Crippen molar-refractivity contribution in [3.8, 4) is 0 Å². The Bertz CT molecular complexity index is 158. The molecule has 12 heavy (non-hydrogen) atoms. The molecule has 0 aromatic heterocycles. The number of allylic oxidation sites excluding steroid dienone is 1. The lowest BCUT2D eigenvalue weighted by Gasteiger charge is -2.26. The van der Waals surface area contributed by atoms with Gasteiger partial charge in [0, 0.05) is 14.1 Å². The topological polar surface area (TPSA) is 12.5 Å². The molecule has 0 spiro atoms. The molecule has 0 aliphatic carbocycles. The summed E-state index contributed by atoms with van der Waals surface area (Å²) in [7, 11) is 2.60. The van der Waals surface area contributed by atoms with E-state index in [1.165, 1.54) is 0 Å². The minimum atomic E-state index is -1.43. The van der Waals surface area contributed by atoms with Crippen molar-refractivity contribution < 1.29 is 4.43 Å². The van der Waals surface area contributed by atoms with Crippen LogP contribution in [0.15, 0.2) is 12.0 Å². The smallest absolute Gasteiger partial charge is 0.244 e. The molecule has 0 aromatic carbocycles. The second-order valence-corrected chi connectivity index (χ2v) is 8.49. The van der Waals surface area contributed by atoms with Crippen LogP contribution in [-0.2, 0) is 4.43 Å². The molecule has 72 valence electrons. The summed E-state index contributed by atoms with van der Waals surface area (Å²) in [5.41, 5.74) is 0. The van der Waals surface area contributed by atoms with E-state index in [4.69, 9.17) is 4.43 Å². The quantitative estimate of drug-likeness (QED) is 0.495. The first-order valence-corrected chi connectivity index (χ1v) is 7.84. The fourth-order valence-corrected chi connectivity index (χ4v) is 1.70. The molecule has 0 aromatic rings. The van der Waals surface area contributed by atoms with Crippen LogP contribution in [0.25, 0.3) is 0 Å². The number of hydrogen-bond donors (Lipinski definition) is 0. The molecule has 0 saturated heterocycles. The summed E-state index contributed by atoms with van der Waals surface area (Å²) in [6.07, 6.45) is 3.15. The lowest BCUT2D eigenvalue weighted by molar-refractivity contribution is 0.274. The van der Waals surface area contributed by atoms with Gasteiger partial charge in [-0.25, -0.2) is 0 Å². The van der Waals surface area contributed by atoms with Gasteiger partial charge >= 0.3 is 0 Å². The van der Waals surface area contributed by atoms with Crippen LogP contribution in [0.3, 0.4) is 0 Å². The zero-order valence-electron chi connectivity index (χ0n) is 9.14. The molecule has 2 nitrogen and oxygen atoms in total. The highest BCUT2D eigenvalue weighted by atomic mass is 28.4. The van der Waals surface area contributed by atoms with Crippen LogP contribution in [0.4, 0.5) is 0 Å². The van der Waals surface area contributed by atoms with Crippen molar-refractivity contribution in [2.75, 3.05) is 14.1 Å². The fraction of sp³-hybridized carbons (Fsp3) is 0.778. The Morgan fingerprint density at radius 3 is 2.08 bits per heavy atom. The van der Waals surface area contributed by atoms with Gasteiger partial charge in [0.15, 0.2) is 5.88 Å². The van der Waals surface area contributed by atoms with Crippen molar-refractivity contribution >= 4 is 8.32 Å². The summed E-state index contributed by atoms with van der Waals surface area (Å²) < 4.78 is 5.87. The van der Waals surface area contributed by atoms with Gasteiger partial charge in [0.05, 0.1) is 0 Å². The summed E-state index contributed by atoms with van der Waals surface area (Å²) in [5.74, 6) is 1.01. The van der Waals surface area contributed by atoms with E-state index in [1.54, 1.807) is 0 Å². The molecule has 0 saturated carbocycles. The van der Waals surface area contributed by atoms with Crippen molar-refractivity contribution in [1.29, 1.82) is 0 Å². The predicted molar refractivity (Wildman–Crippen MR) is 56.5 cm³/mol. The molecular weight excluding hydrogens is 166 g/mol. The molecule has 0 aliphatic rings. The molecule has 0 aliphatic heterocycles. The summed E-state index contributed by atoms with van der Waals surface area (Å²) in [6, 6.07) is 0. The van der Waals surface area contributed by atoms with Crippen LogP contribution in [0, 0.1) is 0 Å². The van der Waals surface area contributed by atoms with Gasteiger partial charge in [0.1, 0.15) is 0 Å². The van der Waals surface area contributed by atoms with Gasteiger partial charge in [0.25, 0.3) is 0 Å². The first kappa shape index (κ1) is 11.6. The second kappa shape index (κ2) is 4.55. The average Bonchev–Trinajstić information content (AvgIpc) is 1.83. The predicted octanol–water partition coefficient (Wildman–Crippen LogP) is 2.65. The van der Waals surface area contributed by atoms with Crippen LogP contribution >= 0.6 is 0 Å². The first-order valence-electron chi connectivity index (χ1n) is 4.43. The van der Waals surface area contributed by atoms with Crippen molar-refractivity contribution in [3.63, 3.8) is 0 Å². The SMILES string of the molecule is CC/C=C(/O[Si](C)(C)C)N(C)C. The summed E-state index contributed by atoms with van der Waals surface area (Å²) in [5, 5.41) is 0. The van der Waals surface area contributed by atoms with E-state index >= 15 is 0 Å². The lowest BCUT2D eigenvalue weighted by atomic mass is 10.4. The van der Waals surface area contributed by atoms with E-state index in [9.17, 15) is 0 Å². The van der Waals surface area contributed by atoms with E-state index in [2.05, 4.69) is 32.6 Å². The zero-order valence-corrected chi connectivity index (χ0v) is 10.1. The van der Waals surface area contributed by atoms with Crippen molar-refractivity contribution in [2.24, 2.45) is 0 Å². The summed E-state index contributed by atoms with van der Waals surface area (Å²) >= 11 is 0. The maximum absolute atomic E-state index is 5.87. The lowest BCUT2D eigenvalue weighted by Crippen LogP contribution is -2.29. The highest BCUT2D eigenvalue weighted by Crippen LogP contribution is 2.12. The van der Waals surface area contributed by atoms with E-state index in [0.29, 0.717) is 0 Å². The Kier molecular flexibility index (Phi) is 4.38. The maximum Gasteiger partial charge on any atom is 0.244 e. The molecule has 0 fully saturated rings. The van der Waals surface area contributed by atoms with Crippen molar-refractivity contribution in [3.05, 3.63) is 12.0 Å². The molecule has 0 radical (unpaired) electrons. The van der Waals surface area contributed by atoms with Crippen molar-refractivity contribution in [1.82, 2.24) is 4.90 Å². The third-order valence-electron chi connectivity index (χ3n) is 1.23. The third kappa shape index (κ3) is 5.24. The van der Waals surface area contributed by atoms with Crippen LogP contribution < -0.4 is 0 Å². The Balaban J connectivity index is 4.25. The van der Waals surface area contributed by atoms with Crippen molar-refractivity contribution in [2.45, 2.75) is 33.0 Å². The van der Waals surface area contributed by atoms with Gasteiger partial charge in [0.2, 0.25) is 8.32 Å². The Labute approximate surface area is 77.3 Å². The minimum Gasteiger partial charge on any atom is -0.533 e. The molecule has 0 atom stereocenters. The molecule has 0 heterocycles. The van der Waals surface area contributed by atoms with Gasteiger partial charge in [-0.15, -0.1) is 0 Å². The molecule has 0 rings (SSSR count). The fourth-order valence-electron chi connectivity index (χ4n) is 0.804. The second-order valence-electron chi connectivity index (χ2n) is 4.06. The highest BCUT2D eigenvalue weighted by molar-refractivity contribution is 6.70. The number of nitrogens with zero attached hydrogens (tertiary/aromatic N) is 1. The monoisotopic (exact) mass is 187 g/mol. The minimum absolute atomic E-state index is 1.01. The van der Waals surface area contributed by atoms with Crippen LogP contribution in [0.2, 0.25) is 19.6 Å². The van der Waals surface area contributed by atoms with Gasteiger partial charge < -0.3 is 9.33 Å². The zero-order chi connectivity index (χ0) is 9.78. The number of hydrogen-bond acceptors (Lipinski definition) is 2. The highest BCUT2D eigenvalue weighted by Gasteiger charge is 2.18. The van der Waals surface area contributed by atoms with Crippen LogP contribution in [-0.4, -0.2) is 27.3 Å². The Morgan fingerprint density at radius 2 is 1.83 bits per heavy atom. The van der Waals surface area contributed by atoms with Gasteiger partial charge in [-0.2, -0.15) is 0 Å². The van der Waals surface area contributed by atoms with Crippen LogP contribution in [0.1, 0.15) is 13.3 Å². The average molecular weight is 187 g/mol. The molecule has 0 bridgehead atoms. The van der Waals surface area contributed by atoms with E-state index < -0.39 is 8.32 Å². The van der Waals surface area contributed by atoms with Gasteiger partial charge in [-0.05, 0) is 32.1 Å². The molecule has 0 amide bonds. The Morgan fingerprint density at radius 1 is 1.33 bits per heavy atom. The first-order chi connectivity index (χ1) is 5.37. The van der Waals surface area contributed by atoms with E-state index in [-0.39, 0.29) is 0 Å². The summed E-state index contributed by atoms with van der Waals surface area (Å²) in [4.78, 5) is 2.03. The summed E-state index contributed by atoms with van der Waals surface area (Å²) in [6.45, 7) is 8.71. The molecule has 3 heteroatoms. The Hall–Kier alpha value is -0.443. The van der Waals surface area contributed by atoms with Gasteiger partial charge in [-0.3, -0.25) is 0 Å². The van der Waals surface area contributed by atoms with Crippen LogP contribution in [0.5, 0.6) is 0 Å². The molecule has 0 unspecified atom stereocenters. The molecule has 0 N–H and O–H groups in total. The molecular formula is C9H21NOSi. The maximum atomic E-state index is 5.87. The number of rotatable bonds is 4. The van der Waals surface area contributed by atoms with E-state index in [0.717, 1.165) is 12.3 Å². The standard InChI is InChI=1S/C9H21NOSi/c1-7-8-9(10(2)3)11-12(4,5)6/h8H,7H2,1-6H3/b9-8+.